The Morgan fingerprint density at radius 1 is 1.29 bits per heavy atom. The van der Waals surface area contributed by atoms with E-state index in [1.807, 2.05) is 0 Å². The molecule has 0 bridgehead atoms. The molecule has 2 rings (SSSR count). The molecule has 5 nitrogen and oxygen atoms in total. The van der Waals surface area contributed by atoms with Crippen molar-refractivity contribution in [1.82, 2.24) is 16.0 Å². The molecule has 2 amide bonds. The van der Waals surface area contributed by atoms with Crippen molar-refractivity contribution in [3.05, 3.63) is 0 Å². The Labute approximate surface area is 82.6 Å². The fraction of sp³-hybridized carbons (Fsp3) is 0.778. The molecule has 2 aliphatic heterocycles. The van der Waals surface area contributed by atoms with Gasteiger partial charge in [0.05, 0.1) is 6.04 Å². The summed E-state index contributed by atoms with van der Waals surface area (Å²) in [5, 5.41) is 8.83. The Hall–Kier alpha value is -0.940. The Bertz CT molecular complexity index is 248. The summed E-state index contributed by atoms with van der Waals surface area (Å²) in [5.41, 5.74) is 0. The number of hydrogen-bond acceptors (Lipinski definition) is 4. The summed E-state index contributed by atoms with van der Waals surface area (Å²) >= 11 is 0. The largest absolute Gasteiger partial charge is 0.315 e. The summed E-state index contributed by atoms with van der Waals surface area (Å²) in [6.45, 7) is 1.92. The van der Waals surface area contributed by atoms with Gasteiger partial charge in [0.1, 0.15) is 0 Å². The first-order chi connectivity index (χ1) is 6.75. The Morgan fingerprint density at radius 3 is 2.79 bits per heavy atom. The van der Waals surface area contributed by atoms with Crippen LogP contribution in [0.25, 0.3) is 0 Å². The molecule has 0 saturated carbocycles. The number of rotatable bonds is 2. The number of amides is 2. The monoisotopic (exact) mass is 197 g/mol. The first-order valence-electron chi connectivity index (χ1n) is 5.06. The fourth-order valence-corrected chi connectivity index (χ4v) is 1.93. The molecule has 2 aliphatic rings. The Morgan fingerprint density at radius 2 is 2.14 bits per heavy atom. The first kappa shape index (κ1) is 9.61. The Balaban J connectivity index is 1.85. The lowest BCUT2D eigenvalue weighted by molar-refractivity contribution is -0.134. The average Bonchev–Trinajstić information content (AvgIpc) is 2.62. The minimum Gasteiger partial charge on any atom is -0.315 e. The van der Waals surface area contributed by atoms with Crippen molar-refractivity contribution in [3.8, 4) is 0 Å². The van der Waals surface area contributed by atoms with Crippen molar-refractivity contribution in [2.45, 2.75) is 31.3 Å². The average molecular weight is 197 g/mol. The molecular weight excluding hydrogens is 182 g/mol. The summed E-state index contributed by atoms with van der Waals surface area (Å²) in [6.07, 6.45) is 2.13. The van der Waals surface area contributed by atoms with Crippen molar-refractivity contribution < 1.29 is 9.59 Å². The van der Waals surface area contributed by atoms with Crippen molar-refractivity contribution in [1.29, 1.82) is 0 Å². The third-order valence-electron chi connectivity index (χ3n) is 2.74. The van der Waals surface area contributed by atoms with Gasteiger partial charge in [-0.25, -0.2) is 0 Å². The van der Waals surface area contributed by atoms with E-state index in [0.29, 0.717) is 18.9 Å². The van der Waals surface area contributed by atoms with E-state index in [4.69, 9.17) is 0 Å². The number of piperidine rings is 1. The van der Waals surface area contributed by atoms with Crippen LogP contribution in [0, 0.1) is 0 Å². The molecule has 2 fully saturated rings. The molecular formula is C9H15N3O2. The molecule has 2 saturated heterocycles. The highest BCUT2D eigenvalue weighted by atomic mass is 16.2. The minimum atomic E-state index is -0.183. The second-order valence-corrected chi connectivity index (χ2v) is 3.86. The van der Waals surface area contributed by atoms with Gasteiger partial charge in [-0.15, -0.1) is 0 Å². The zero-order chi connectivity index (χ0) is 9.97. The normalized spacial score (nSPS) is 33.1. The van der Waals surface area contributed by atoms with Crippen molar-refractivity contribution in [3.63, 3.8) is 0 Å². The highest BCUT2D eigenvalue weighted by Gasteiger charge is 2.28. The van der Waals surface area contributed by atoms with Crippen LogP contribution in [0.2, 0.25) is 0 Å². The van der Waals surface area contributed by atoms with Crippen molar-refractivity contribution >= 4 is 11.8 Å². The quantitative estimate of drug-likeness (QED) is 0.483. The van der Waals surface area contributed by atoms with Crippen LogP contribution in [-0.4, -0.2) is 37.0 Å². The summed E-state index contributed by atoms with van der Waals surface area (Å²) in [6, 6.07) is 0.191. The van der Waals surface area contributed by atoms with Crippen LogP contribution in [0.4, 0.5) is 0 Å². The second-order valence-electron chi connectivity index (χ2n) is 3.86. The Kier molecular flexibility index (Phi) is 2.79. The summed E-state index contributed by atoms with van der Waals surface area (Å²) in [7, 11) is 0. The molecule has 0 unspecified atom stereocenters. The van der Waals surface area contributed by atoms with Crippen LogP contribution >= 0.6 is 0 Å². The highest BCUT2D eigenvalue weighted by molar-refractivity contribution is 6.00. The molecule has 2 heterocycles. The molecule has 2 atom stereocenters. The van der Waals surface area contributed by atoms with Gasteiger partial charge in [-0.2, -0.15) is 0 Å². The van der Waals surface area contributed by atoms with Crippen LogP contribution in [0.1, 0.15) is 19.3 Å². The van der Waals surface area contributed by atoms with Crippen LogP contribution in [-0.2, 0) is 9.59 Å². The van der Waals surface area contributed by atoms with Crippen molar-refractivity contribution in [2.24, 2.45) is 0 Å². The maximum atomic E-state index is 11.4. The third-order valence-corrected chi connectivity index (χ3v) is 2.74. The summed E-state index contributed by atoms with van der Waals surface area (Å²) in [5.74, 6) is -0.328. The molecule has 0 aromatic rings. The zero-order valence-electron chi connectivity index (χ0n) is 8.01. The van der Waals surface area contributed by atoms with E-state index < -0.39 is 0 Å². The predicted molar refractivity (Wildman–Crippen MR) is 50.6 cm³/mol. The molecule has 5 heteroatoms. The molecule has 0 radical (unpaired) electrons. The molecule has 3 N–H and O–H groups in total. The van der Waals surface area contributed by atoms with E-state index in [2.05, 4.69) is 16.0 Å². The van der Waals surface area contributed by atoms with Crippen molar-refractivity contribution in [2.75, 3.05) is 13.1 Å². The third kappa shape index (κ3) is 2.10. The molecule has 0 aliphatic carbocycles. The number of hydrogen-bond donors (Lipinski definition) is 3. The molecule has 78 valence electrons. The van der Waals surface area contributed by atoms with Crippen LogP contribution in [0.3, 0.4) is 0 Å². The smallest absolute Gasteiger partial charge is 0.243 e. The predicted octanol–water partition coefficient (Wildman–Crippen LogP) is -1.26. The van der Waals surface area contributed by atoms with E-state index in [-0.39, 0.29) is 17.9 Å². The number of carbonyl (C=O) groups excluding carboxylic acids is 2. The van der Waals surface area contributed by atoms with Gasteiger partial charge < -0.3 is 10.6 Å². The molecule has 14 heavy (non-hydrogen) atoms. The topological polar surface area (TPSA) is 70.2 Å². The van der Waals surface area contributed by atoms with Crippen LogP contribution < -0.4 is 16.0 Å². The lowest BCUT2D eigenvalue weighted by atomic mass is 10.0. The van der Waals surface area contributed by atoms with Gasteiger partial charge in [0.2, 0.25) is 11.8 Å². The van der Waals surface area contributed by atoms with Gasteiger partial charge >= 0.3 is 0 Å². The van der Waals surface area contributed by atoms with Gasteiger partial charge in [-0.05, 0) is 19.4 Å². The van der Waals surface area contributed by atoms with Crippen LogP contribution in [0.15, 0.2) is 0 Å². The number of nitrogens with one attached hydrogen (secondary N) is 3. The SMILES string of the molecule is O=C1CC[C@H](N[C@@H]2CCNC2)C(=O)N1. The highest BCUT2D eigenvalue weighted by Crippen LogP contribution is 2.07. The van der Waals surface area contributed by atoms with Gasteiger partial charge in [-0.1, -0.05) is 0 Å². The van der Waals surface area contributed by atoms with E-state index in [9.17, 15) is 9.59 Å². The summed E-state index contributed by atoms with van der Waals surface area (Å²) < 4.78 is 0. The fourth-order valence-electron chi connectivity index (χ4n) is 1.93. The number of carbonyl (C=O) groups is 2. The maximum Gasteiger partial charge on any atom is 0.243 e. The van der Waals surface area contributed by atoms with Gasteiger partial charge in [-0.3, -0.25) is 14.9 Å². The van der Waals surface area contributed by atoms with E-state index in [1.165, 1.54) is 0 Å². The minimum absolute atomic E-state index is 0.155. The van der Waals surface area contributed by atoms with Gasteiger partial charge in [0.25, 0.3) is 0 Å². The zero-order valence-corrected chi connectivity index (χ0v) is 8.01. The first-order valence-corrected chi connectivity index (χ1v) is 5.06. The molecule has 0 aromatic heterocycles. The number of imide groups is 1. The van der Waals surface area contributed by atoms with E-state index in [0.717, 1.165) is 19.5 Å². The van der Waals surface area contributed by atoms with Gasteiger partial charge in [0.15, 0.2) is 0 Å². The second kappa shape index (κ2) is 4.06. The lowest BCUT2D eigenvalue weighted by Crippen LogP contribution is -2.53. The van der Waals surface area contributed by atoms with E-state index in [1.54, 1.807) is 0 Å². The standard InChI is InChI=1S/C9H15N3O2/c13-8-2-1-7(9(14)12-8)11-6-3-4-10-5-6/h6-7,10-11H,1-5H2,(H,12,13,14)/t6-,7+/m1/s1. The lowest BCUT2D eigenvalue weighted by Gasteiger charge is -2.24. The van der Waals surface area contributed by atoms with E-state index >= 15 is 0 Å². The summed E-state index contributed by atoms with van der Waals surface area (Å²) in [4.78, 5) is 22.3. The molecule has 0 spiro atoms. The maximum absolute atomic E-state index is 11.4. The molecule has 0 aromatic carbocycles. The van der Waals surface area contributed by atoms with Gasteiger partial charge in [0, 0.05) is 19.0 Å². The van der Waals surface area contributed by atoms with Crippen LogP contribution in [0.5, 0.6) is 0 Å².